The molecule has 0 heterocycles. The molecular formula is C17H25F14N2O3S+. The van der Waals surface area contributed by atoms with Gasteiger partial charge < -0.3 is 9.59 Å². The normalized spacial score (nSPS) is 16.7. The summed E-state index contributed by atoms with van der Waals surface area (Å²) >= 11 is 0. The number of hydrogen-bond donors (Lipinski definition) is 2. The van der Waals surface area contributed by atoms with Gasteiger partial charge in [0.1, 0.15) is 12.6 Å². The van der Waals surface area contributed by atoms with Gasteiger partial charge in [0.2, 0.25) is 0 Å². The number of alkyl halides is 14. The third kappa shape index (κ3) is 6.21. The molecule has 0 aliphatic carbocycles. The number of nitrogens with zero attached hydrogens (tertiary/aromatic N) is 1. The van der Waals surface area contributed by atoms with Crippen LogP contribution in [0.5, 0.6) is 0 Å². The zero-order chi connectivity index (χ0) is 30.3. The van der Waals surface area contributed by atoms with Crippen LogP contribution >= 0.6 is 0 Å². The van der Waals surface area contributed by atoms with Gasteiger partial charge in [-0.05, 0) is 6.42 Å². The third-order valence-electron chi connectivity index (χ3n) is 5.24. The molecule has 0 aromatic carbocycles. The van der Waals surface area contributed by atoms with E-state index < -0.39 is 76.8 Å². The topological polar surface area (TPSA) is 66.4 Å². The van der Waals surface area contributed by atoms with Gasteiger partial charge in [-0.3, -0.25) is 0 Å². The lowest BCUT2D eigenvalue weighted by Gasteiger charge is -2.41. The number of sulfonamides is 1. The van der Waals surface area contributed by atoms with Gasteiger partial charge in [0.15, 0.2) is 0 Å². The Balaban J connectivity index is 6.07. The molecule has 0 bridgehead atoms. The summed E-state index contributed by atoms with van der Waals surface area (Å²) in [7, 11) is -4.19. The molecular weight excluding hydrogens is 578 g/mol. The Hall–Kier alpha value is -1.15. The van der Waals surface area contributed by atoms with E-state index >= 15 is 0 Å². The quantitative estimate of drug-likeness (QED) is 0.164. The van der Waals surface area contributed by atoms with E-state index in [4.69, 9.17) is 0 Å². The van der Waals surface area contributed by atoms with E-state index in [1.165, 1.54) is 14.1 Å². The number of nitrogens with one attached hydrogen (secondary N) is 1. The van der Waals surface area contributed by atoms with Crippen LogP contribution in [0.25, 0.3) is 0 Å². The van der Waals surface area contributed by atoms with Crippen molar-refractivity contribution in [1.29, 1.82) is 0 Å². The zero-order valence-corrected chi connectivity index (χ0v) is 20.3. The Morgan fingerprint density at radius 2 is 1.14 bits per heavy atom. The monoisotopic (exact) mass is 603 g/mol. The van der Waals surface area contributed by atoms with Gasteiger partial charge >= 0.3 is 40.8 Å². The fraction of sp³-hybridized carbons (Fsp3) is 1.00. The SMILES string of the molecule is CCC(O)C[N+](C)(C)CCCNS(=O)(=O)C(F)(F)C(F)(F)C(F)(F)C(F)(F)C(F)(F)C(F)(F)C(C)(F)F. The Bertz CT molecular complexity index is 888. The molecule has 20 heteroatoms. The molecule has 0 rings (SSSR count). The first-order valence-electron chi connectivity index (χ1n) is 10.0. The highest BCUT2D eigenvalue weighted by molar-refractivity contribution is 7.90. The number of likely N-dealkylation sites (N-methyl/N-ethyl adjacent to an activating group) is 1. The molecule has 1 unspecified atom stereocenters. The molecule has 0 aliphatic heterocycles. The lowest BCUT2D eigenvalue weighted by Crippen LogP contribution is -2.73. The molecule has 37 heavy (non-hydrogen) atoms. The minimum atomic E-state index is -8.33. The van der Waals surface area contributed by atoms with Crippen LogP contribution in [-0.4, -0.2) is 98.6 Å². The van der Waals surface area contributed by atoms with Crippen LogP contribution in [0, 0.1) is 0 Å². The smallest absolute Gasteiger partial charge is 0.387 e. The van der Waals surface area contributed by atoms with Gasteiger partial charge in [0.05, 0.1) is 20.6 Å². The van der Waals surface area contributed by atoms with Crippen LogP contribution in [0.15, 0.2) is 0 Å². The van der Waals surface area contributed by atoms with Crippen molar-refractivity contribution in [3.63, 3.8) is 0 Å². The molecule has 0 spiro atoms. The van der Waals surface area contributed by atoms with Gasteiger partial charge in [-0.2, -0.15) is 61.5 Å². The van der Waals surface area contributed by atoms with Gasteiger partial charge in [0, 0.05) is 19.9 Å². The summed E-state index contributed by atoms with van der Waals surface area (Å²) in [4.78, 5) is 0. The van der Waals surface area contributed by atoms with Crippen molar-refractivity contribution in [2.24, 2.45) is 0 Å². The molecule has 5 nitrogen and oxygen atoms in total. The van der Waals surface area contributed by atoms with Crippen molar-refractivity contribution in [3.8, 4) is 0 Å². The predicted octanol–water partition coefficient (Wildman–Crippen LogP) is 4.57. The molecule has 0 aliphatic rings. The maximum Gasteiger partial charge on any atom is 0.427 e. The van der Waals surface area contributed by atoms with Crippen LogP contribution in [0.2, 0.25) is 0 Å². The maximum atomic E-state index is 14.0. The fourth-order valence-corrected chi connectivity index (χ4v) is 3.87. The van der Waals surface area contributed by atoms with E-state index in [0.717, 1.165) is 0 Å². The lowest BCUT2D eigenvalue weighted by molar-refractivity contribution is -0.893. The number of aliphatic hydroxyl groups excluding tert-OH is 1. The summed E-state index contributed by atoms with van der Waals surface area (Å²) in [6.45, 7) is -0.905. The molecule has 2 N–H and O–H groups in total. The van der Waals surface area contributed by atoms with Crippen molar-refractivity contribution in [3.05, 3.63) is 0 Å². The molecule has 0 aromatic heterocycles. The van der Waals surface area contributed by atoms with Gasteiger partial charge in [-0.25, -0.2) is 13.1 Å². The van der Waals surface area contributed by atoms with Crippen molar-refractivity contribution in [2.45, 2.75) is 73.6 Å². The number of halogens is 14. The van der Waals surface area contributed by atoms with E-state index in [2.05, 4.69) is 0 Å². The lowest BCUT2D eigenvalue weighted by atomic mass is 9.92. The van der Waals surface area contributed by atoms with Crippen molar-refractivity contribution in [1.82, 2.24) is 4.72 Å². The van der Waals surface area contributed by atoms with E-state index in [0.29, 0.717) is 4.72 Å². The molecule has 0 aromatic rings. The minimum absolute atomic E-state index is 0.0361. The molecule has 1 atom stereocenters. The maximum absolute atomic E-state index is 14.0. The Kier molecular flexibility index (Phi) is 10.1. The van der Waals surface area contributed by atoms with Crippen molar-refractivity contribution < 1.29 is 79.5 Å². The van der Waals surface area contributed by atoms with Crippen molar-refractivity contribution in [2.75, 3.05) is 33.7 Å². The van der Waals surface area contributed by atoms with Gasteiger partial charge in [-0.1, -0.05) is 6.92 Å². The number of quaternary nitrogens is 1. The van der Waals surface area contributed by atoms with Crippen LogP contribution in [-0.2, 0) is 10.0 Å². The summed E-state index contributed by atoms with van der Waals surface area (Å²) < 4.78 is 213. The Morgan fingerprint density at radius 3 is 1.51 bits per heavy atom. The minimum Gasteiger partial charge on any atom is -0.387 e. The standard InChI is InChI=1S/C17H25F14N2O3S/c1-5-10(34)9-33(3,4)8-6-7-32-37(35,36)17(30,31)16(28,29)15(26,27)14(24,25)13(22,23)12(20,21)11(2,18)19/h10,32,34H,5-9H2,1-4H3/q+1. The second-order valence-electron chi connectivity index (χ2n) is 8.93. The predicted molar refractivity (Wildman–Crippen MR) is 100.0 cm³/mol. The van der Waals surface area contributed by atoms with Crippen molar-refractivity contribution >= 4 is 10.0 Å². The third-order valence-corrected chi connectivity index (χ3v) is 6.76. The Labute approximate surface area is 202 Å². The van der Waals surface area contributed by atoms with Crippen LogP contribution in [0.1, 0.15) is 26.7 Å². The highest BCUT2D eigenvalue weighted by atomic mass is 32.2. The van der Waals surface area contributed by atoms with Gasteiger partial charge in [0.25, 0.3) is 10.0 Å². The number of hydrogen-bond acceptors (Lipinski definition) is 3. The molecule has 0 fully saturated rings. The van der Waals surface area contributed by atoms with Crippen LogP contribution in [0.4, 0.5) is 61.5 Å². The average Bonchev–Trinajstić information content (AvgIpc) is 2.69. The second-order valence-corrected chi connectivity index (χ2v) is 10.7. The summed E-state index contributed by atoms with van der Waals surface area (Å²) in [5.74, 6) is -46.5. The zero-order valence-electron chi connectivity index (χ0n) is 19.5. The van der Waals surface area contributed by atoms with Crippen LogP contribution in [0.3, 0.4) is 0 Å². The molecule has 224 valence electrons. The summed E-state index contributed by atoms with van der Waals surface area (Å²) in [6.07, 6.45) is -1.08. The molecule has 0 saturated carbocycles. The first-order chi connectivity index (χ1) is 15.9. The van der Waals surface area contributed by atoms with Crippen LogP contribution < -0.4 is 4.72 Å². The number of aliphatic hydroxyl groups is 1. The largest absolute Gasteiger partial charge is 0.427 e. The first-order valence-corrected chi connectivity index (χ1v) is 11.5. The first kappa shape index (κ1) is 35.9. The van der Waals surface area contributed by atoms with E-state index in [1.54, 1.807) is 6.92 Å². The summed E-state index contributed by atoms with van der Waals surface area (Å²) in [5.41, 5.74) is 0. The average molecular weight is 603 g/mol. The van der Waals surface area contributed by atoms with E-state index in [-0.39, 0.29) is 24.0 Å². The second kappa shape index (κ2) is 10.4. The highest BCUT2D eigenvalue weighted by Crippen LogP contribution is 2.62. The van der Waals surface area contributed by atoms with E-state index in [9.17, 15) is 75.0 Å². The summed E-state index contributed by atoms with van der Waals surface area (Å²) in [6, 6.07) is 0. The van der Waals surface area contributed by atoms with Gasteiger partial charge in [-0.15, -0.1) is 0 Å². The molecule has 0 amide bonds. The summed E-state index contributed by atoms with van der Waals surface area (Å²) in [5, 5.41) is 2.25. The highest BCUT2D eigenvalue weighted by Gasteiger charge is 2.93. The van der Waals surface area contributed by atoms with E-state index in [1.807, 2.05) is 0 Å². The Morgan fingerprint density at radius 1 is 0.757 bits per heavy atom. The molecule has 0 saturated heterocycles. The molecule has 0 radical (unpaired) electrons. The fourth-order valence-electron chi connectivity index (χ4n) is 2.81. The number of rotatable bonds is 15.